The van der Waals surface area contributed by atoms with Gasteiger partial charge in [0.15, 0.2) is 0 Å². The summed E-state index contributed by atoms with van der Waals surface area (Å²) in [5.74, 6) is 0. The van der Waals surface area contributed by atoms with Gasteiger partial charge in [0.25, 0.3) is 0 Å². The van der Waals surface area contributed by atoms with Crippen LogP contribution in [0.25, 0.3) is 0 Å². The summed E-state index contributed by atoms with van der Waals surface area (Å²) in [6, 6.07) is 13.8. The molecule has 2 nitrogen and oxygen atoms in total. The number of halogens is 1. The van der Waals surface area contributed by atoms with E-state index in [1.807, 2.05) is 24.1 Å². The Morgan fingerprint density at radius 2 is 1.71 bits per heavy atom. The molecular weight excluding hydrogens is 232 g/mol. The lowest BCUT2D eigenvalue weighted by Crippen LogP contribution is -2.11. The largest absolute Gasteiger partial charge is 0.397 e. The fourth-order valence-electron chi connectivity index (χ4n) is 1.71. The van der Waals surface area contributed by atoms with Crippen LogP contribution in [0.5, 0.6) is 0 Å². The summed E-state index contributed by atoms with van der Waals surface area (Å²) in [6.07, 6.45) is 0. The van der Waals surface area contributed by atoms with E-state index in [9.17, 15) is 0 Å². The number of anilines is 3. The molecule has 2 aromatic carbocycles. The van der Waals surface area contributed by atoms with Gasteiger partial charge in [-0.15, -0.1) is 0 Å². The van der Waals surface area contributed by atoms with E-state index in [1.54, 1.807) is 6.07 Å². The first-order chi connectivity index (χ1) is 8.08. The third kappa shape index (κ3) is 2.53. The summed E-state index contributed by atoms with van der Waals surface area (Å²) in [4.78, 5) is 2.03. The first-order valence-corrected chi connectivity index (χ1v) is 5.81. The molecule has 0 aromatic heterocycles. The Labute approximate surface area is 107 Å². The Hall–Kier alpha value is -1.67. The number of rotatable bonds is 2. The summed E-state index contributed by atoms with van der Waals surface area (Å²) in [7, 11) is 1.98. The second kappa shape index (κ2) is 4.68. The lowest BCUT2D eigenvalue weighted by molar-refractivity contribution is 1.21. The molecule has 3 heteroatoms. The van der Waals surface area contributed by atoms with Crippen LogP contribution in [-0.4, -0.2) is 7.05 Å². The van der Waals surface area contributed by atoms with Crippen molar-refractivity contribution in [3.05, 3.63) is 53.1 Å². The van der Waals surface area contributed by atoms with E-state index < -0.39 is 0 Å². The van der Waals surface area contributed by atoms with Gasteiger partial charge in [-0.3, -0.25) is 0 Å². The summed E-state index contributed by atoms with van der Waals surface area (Å²) in [5.41, 5.74) is 9.92. The zero-order valence-electron chi connectivity index (χ0n) is 9.94. The van der Waals surface area contributed by atoms with Crippen LogP contribution in [-0.2, 0) is 0 Å². The molecule has 88 valence electrons. The van der Waals surface area contributed by atoms with Crippen LogP contribution < -0.4 is 10.6 Å². The summed E-state index contributed by atoms with van der Waals surface area (Å²) < 4.78 is 0. The summed E-state index contributed by atoms with van der Waals surface area (Å²) in [6.45, 7) is 2.07. The molecule has 0 atom stereocenters. The lowest BCUT2D eigenvalue weighted by atomic mass is 10.2. The van der Waals surface area contributed by atoms with Crippen molar-refractivity contribution in [1.82, 2.24) is 0 Å². The minimum atomic E-state index is 0.688. The Morgan fingerprint density at radius 1 is 1.06 bits per heavy atom. The minimum absolute atomic E-state index is 0.688. The minimum Gasteiger partial charge on any atom is -0.397 e. The quantitative estimate of drug-likeness (QED) is 0.812. The zero-order chi connectivity index (χ0) is 12.4. The smallest absolute Gasteiger partial charge is 0.0656 e. The van der Waals surface area contributed by atoms with E-state index >= 15 is 0 Å². The average molecular weight is 247 g/mol. The molecule has 0 saturated carbocycles. The van der Waals surface area contributed by atoms with E-state index in [4.69, 9.17) is 17.3 Å². The highest BCUT2D eigenvalue weighted by Crippen LogP contribution is 2.31. The van der Waals surface area contributed by atoms with E-state index in [-0.39, 0.29) is 0 Å². The van der Waals surface area contributed by atoms with Crippen LogP contribution in [0.15, 0.2) is 42.5 Å². The molecule has 0 heterocycles. The number of nitrogens with zero attached hydrogens (tertiary/aromatic N) is 1. The topological polar surface area (TPSA) is 29.3 Å². The average Bonchev–Trinajstić information content (AvgIpc) is 2.32. The van der Waals surface area contributed by atoms with Crippen LogP contribution in [0.2, 0.25) is 5.02 Å². The number of nitrogens with two attached hydrogens (primary N) is 1. The molecule has 0 saturated heterocycles. The van der Waals surface area contributed by atoms with Gasteiger partial charge in [0.2, 0.25) is 0 Å². The fourth-order valence-corrected chi connectivity index (χ4v) is 1.88. The number of aryl methyl sites for hydroxylation is 1. The van der Waals surface area contributed by atoms with Crippen molar-refractivity contribution in [2.45, 2.75) is 6.92 Å². The van der Waals surface area contributed by atoms with Crippen molar-refractivity contribution in [3.8, 4) is 0 Å². The van der Waals surface area contributed by atoms with Gasteiger partial charge in [-0.25, -0.2) is 0 Å². The molecule has 17 heavy (non-hydrogen) atoms. The number of benzene rings is 2. The van der Waals surface area contributed by atoms with Crippen molar-refractivity contribution in [2.75, 3.05) is 17.7 Å². The van der Waals surface area contributed by atoms with E-state index in [1.165, 1.54) is 5.56 Å². The van der Waals surface area contributed by atoms with Gasteiger partial charge in [-0.05, 0) is 37.3 Å². The second-order valence-electron chi connectivity index (χ2n) is 4.10. The van der Waals surface area contributed by atoms with Gasteiger partial charge in [-0.2, -0.15) is 0 Å². The van der Waals surface area contributed by atoms with Gasteiger partial charge in [0.05, 0.1) is 11.4 Å². The Kier molecular flexibility index (Phi) is 3.25. The maximum Gasteiger partial charge on any atom is 0.0656 e. The lowest BCUT2D eigenvalue weighted by Gasteiger charge is -2.21. The second-order valence-corrected chi connectivity index (χ2v) is 4.53. The van der Waals surface area contributed by atoms with Crippen molar-refractivity contribution >= 4 is 28.7 Å². The Bertz CT molecular complexity index is 520. The molecule has 0 aliphatic rings. The van der Waals surface area contributed by atoms with E-state index in [0.29, 0.717) is 5.02 Å². The fraction of sp³-hybridized carbons (Fsp3) is 0.143. The standard InChI is InChI=1S/C14H15ClN2/c1-10-3-6-12(7-4-10)17(2)14-9-11(15)5-8-13(14)16/h3-9H,16H2,1-2H3. The van der Waals surface area contributed by atoms with Gasteiger partial charge >= 0.3 is 0 Å². The highest BCUT2D eigenvalue weighted by Gasteiger charge is 2.07. The number of hydrogen-bond acceptors (Lipinski definition) is 2. The first kappa shape index (κ1) is 11.8. The summed E-state index contributed by atoms with van der Waals surface area (Å²) in [5, 5.41) is 0.688. The summed E-state index contributed by atoms with van der Waals surface area (Å²) >= 11 is 5.99. The molecule has 0 aliphatic carbocycles. The highest BCUT2D eigenvalue weighted by atomic mass is 35.5. The predicted molar refractivity (Wildman–Crippen MR) is 75.1 cm³/mol. The molecule has 0 fully saturated rings. The van der Waals surface area contributed by atoms with Gasteiger partial charge in [-0.1, -0.05) is 29.3 Å². The molecular formula is C14H15ClN2. The van der Waals surface area contributed by atoms with Gasteiger partial charge in [0.1, 0.15) is 0 Å². The SMILES string of the molecule is Cc1ccc(N(C)c2cc(Cl)ccc2N)cc1. The molecule has 0 amide bonds. The molecule has 0 unspecified atom stereocenters. The highest BCUT2D eigenvalue weighted by molar-refractivity contribution is 6.31. The number of nitrogen functional groups attached to an aromatic ring is 1. The van der Waals surface area contributed by atoms with Crippen molar-refractivity contribution in [3.63, 3.8) is 0 Å². The Morgan fingerprint density at radius 3 is 2.35 bits per heavy atom. The third-order valence-corrected chi connectivity index (χ3v) is 3.01. The van der Waals surface area contributed by atoms with Crippen molar-refractivity contribution in [1.29, 1.82) is 0 Å². The van der Waals surface area contributed by atoms with Crippen molar-refractivity contribution < 1.29 is 0 Å². The maximum atomic E-state index is 5.99. The normalized spacial score (nSPS) is 10.3. The molecule has 0 aliphatic heterocycles. The van der Waals surface area contributed by atoms with Gasteiger partial charge in [0, 0.05) is 17.8 Å². The molecule has 2 N–H and O–H groups in total. The molecule has 2 aromatic rings. The molecule has 2 rings (SSSR count). The zero-order valence-corrected chi connectivity index (χ0v) is 10.7. The Balaban J connectivity index is 2.39. The first-order valence-electron chi connectivity index (χ1n) is 5.43. The van der Waals surface area contributed by atoms with Crippen LogP contribution in [0, 0.1) is 6.92 Å². The van der Waals surface area contributed by atoms with Gasteiger partial charge < -0.3 is 10.6 Å². The van der Waals surface area contributed by atoms with Crippen LogP contribution in [0.4, 0.5) is 17.1 Å². The number of hydrogen-bond donors (Lipinski definition) is 1. The third-order valence-electron chi connectivity index (χ3n) is 2.78. The molecule has 0 spiro atoms. The van der Waals surface area contributed by atoms with Crippen LogP contribution in [0.1, 0.15) is 5.56 Å². The monoisotopic (exact) mass is 246 g/mol. The van der Waals surface area contributed by atoms with Crippen LogP contribution >= 0.6 is 11.6 Å². The van der Waals surface area contributed by atoms with Crippen LogP contribution in [0.3, 0.4) is 0 Å². The van der Waals surface area contributed by atoms with E-state index in [0.717, 1.165) is 17.1 Å². The molecule has 0 radical (unpaired) electrons. The van der Waals surface area contributed by atoms with E-state index in [2.05, 4.69) is 31.2 Å². The predicted octanol–water partition coefficient (Wildman–Crippen LogP) is 4.00. The molecule has 0 bridgehead atoms. The maximum absolute atomic E-state index is 5.99. The van der Waals surface area contributed by atoms with Crippen molar-refractivity contribution in [2.24, 2.45) is 0 Å².